The number of hydrogen-bond donors (Lipinski definition) is 1. The Hall–Kier alpha value is -2.88. The lowest BCUT2D eigenvalue weighted by molar-refractivity contribution is -0.159. The van der Waals surface area contributed by atoms with Crippen LogP contribution >= 0.6 is 11.7 Å². The van der Waals surface area contributed by atoms with Gasteiger partial charge in [-0.15, -0.1) is 0 Å². The van der Waals surface area contributed by atoms with Crippen molar-refractivity contribution in [2.75, 3.05) is 11.9 Å². The van der Waals surface area contributed by atoms with E-state index in [4.69, 9.17) is 4.74 Å². The number of esters is 1. The summed E-state index contributed by atoms with van der Waals surface area (Å²) in [6.07, 6.45) is 3.17. The molecule has 4 rings (SSSR count). The molecule has 3 atom stereocenters. The summed E-state index contributed by atoms with van der Waals surface area (Å²) in [6, 6.07) is 4.13. The van der Waals surface area contributed by atoms with Gasteiger partial charge in [0.05, 0.1) is 29.3 Å². The highest BCUT2D eigenvalue weighted by Crippen LogP contribution is 2.38. The molecule has 29 heavy (non-hydrogen) atoms. The molecule has 0 radical (unpaired) electrons. The van der Waals surface area contributed by atoms with Crippen LogP contribution in [0.25, 0.3) is 11.0 Å². The number of hydrogen-bond acceptors (Lipinski definition) is 8. The molecular weight excluding hydrogens is 396 g/mol. The predicted octanol–water partition coefficient (Wildman–Crippen LogP) is 1.74. The summed E-state index contributed by atoms with van der Waals surface area (Å²) < 4.78 is 13.3. The maximum Gasteiger partial charge on any atom is 0.329 e. The van der Waals surface area contributed by atoms with Crippen molar-refractivity contribution < 1.29 is 23.9 Å². The van der Waals surface area contributed by atoms with Gasteiger partial charge in [0.1, 0.15) is 17.1 Å². The lowest BCUT2D eigenvalue weighted by Gasteiger charge is -2.21. The third-order valence-corrected chi connectivity index (χ3v) is 6.05. The van der Waals surface area contributed by atoms with Crippen LogP contribution in [0, 0.1) is 11.8 Å². The predicted molar refractivity (Wildman–Crippen MR) is 104 cm³/mol. The minimum Gasteiger partial charge on any atom is -0.454 e. The van der Waals surface area contributed by atoms with Crippen LogP contribution in [0.5, 0.6) is 0 Å². The first-order chi connectivity index (χ1) is 14.0. The summed E-state index contributed by atoms with van der Waals surface area (Å²) in [5.74, 6) is -2.61. The zero-order valence-electron chi connectivity index (χ0n) is 15.8. The number of carbonyl (C=O) groups is 4. The number of imide groups is 1. The van der Waals surface area contributed by atoms with E-state index in [1.54, 1.807) is 18.2 Å². The molecule has 1 aliphatic heterocycles. The first kappa shape index (κ1) is 19.4. The van der Waals surface area contributed by atoms with Gasteiger partial charge in [0, 0.05) is 0 Å². The number of ether oxygens (including phenoxy) is 1. The highest BCUT2D eigenvalue weighted by Gasteiger charge is 2.51. The second kappa shape index (κ2) is 7.86. The summed E-state index contributed by atoms with van der Waals surface area (Å²) in [5, 5.41) is 2.63. The lowest BCUT2D eigenvalue weighted by atomic mass is 9.81. The second-order valence-corrected chi connectivity index (χ2v) is 7.84. The van der Waals surface area contributed by atoms with E-state index in [2.05, 4.69) is 14.1 Å². The van der Waals surface area contributed by atoms with Gasteiger partial charge < -0.3 is 10.1 Å². The number of anilines is 1. The Morgan fingerprint density at radius 3 is 2.59 bits per heavy atom. The third-order valence-electron chi connectivity index (χ3n) is 5.51. The number of likely N-dealkylation sites (tertiary alicyclic amines) is 1. The molecule has 1 saturated heterocycles. The number of benzene rings is 1. The molecule has 0 bridgehead atoms. The average Bonchev–Trinajstić information content (AvgIpc) is 3.30. The smallest absolute Gasteiger partial charge is 0.329 e. The molecule has 1 aromatic carbocycles. The lowest BCUT2D eigenvalue weighted by Crippen LogP contribution is -2.45. The van der Waals surface area contributed by atoms with E-state index in [0.29, 0.717) is 29.6 Å². The van der Waals surface area contributed by atoms with Gasteiger partial charge in [-0.1, -0.05) is 18.9 Å². The Kier molecular flexibility index (Phi) is 5.27. The molecule has 1 N–H and O–H groups in total. The van der Waals surface area contributed by atoms with Gasteiger partial charge >= 0.3 is 5.97 Å². The van der Waals surface area contributed by atoms with Crippen LogP contribution in [0.2, 0.25) is 0 Å². The van der Waals surface area contributed by atoms with Crippen molar-refractivity contribution in [3.05, 3.63) is 18.2 Å². The van der Waals surface area contributed by atoms with E-state index in [-0.39, 0.29) is 23.7 Å². The van der Waals surface area contributed by atoms with Crippen LogP contribution in [0.3, 0.4) is 0 Å². The Bertz CT molecular complexity index is 966. The molecule has 152 valence electrons. The zero-order chi connectivity index (χ0) is 20.5. The normalized spacial score (nSPS) is 22.4. The quantitative estimate of drug-likeness (QED) is 0.582. The highest BCUT2D eigenvalue weighted by molar-refractivity contribution is 7.00. The zero-order valence-corrected chi connectivity index (χ0v) is 16.6. The van der Waals surface area contributed by atoms with Gasteiger partial charge in [-0.25, -0.2) is 4.79 Å². The number of amides is 3. The van der Waals surface area contributed by atoms with Crippen LogP contribution in [0.4, 0.5) is 5.69 Å². The monoisotopic (exact) mass is 416 g/mol. The number of nitrogens with zero attached hydrogens (tertiary/aromatic N) is 3. The summed E-state index contributed by atoms with van der Waals surface area (Å²) in [7, 11) is 0. The molecule has 0 spiro atoms. The number of nitrogens with one attached hydrogen (secondary N) is 1. The van der Waals surface area contributed by atoms with Crippen LogP contribution in [-0.4, -0.2) is 50.0 Å². The summed E-state index contributed by atoms with van der Waals surface area (Å²) in [4.78, 5) is 50.7. The SMILES string of the molecule is CC(C(=O)OCC(=O)Nc1cccc2nsnc12)N1C(=O)C2CCCCC2C1=O. The number of aromatic nitrogens is 2. The van der Waals surface area contributed by atoms with E-state index in [1.807, 2.05) is 0 Å². The maximum atomic E-state index is 12.6. The largest absolute Gasteiger partial charge is 0.454 e. The highest BCUT2D eigenvalue weighted by atomic mass is 32.1. The number of fused-ring (bicyclic) bond motifs is 2. The van der Waals surface area contributed by atoms with Gasteiger partial charge in [-0.05, 0) is 31.9 Å². The number of rotatable bonds is 5. The summed E-state index contributed by atoms with van der Waals surface area (Å²) in [5.41, 5.74) is 1.69. The van der Waals surface area contributed by atoms with E-state index in [1.165, 1.54) is 6.92 Å². The second-order valence-electron chi connectivity index (χ2n) is 7.31. The first-order valence-corrected chi connectivity index (χ1v) is 10.2. The van der Waals surface area contributed by atoms with E-state index in [9.17, 15) is 19.2 Å². The van der Waals surface area contributed by atoms with Crippen LogP contribution < -0.4 is 5.32 Å². The van der Waals surface area contributed by atoms with Gasteiger partial charge in [-0.2, -0.15) is 8.75 Å². The molecule has 9 nitrogen and oxygen atoms in total. The standard InChI is InChI=1S/C19H20N4O5S/c1-10(23-17(25)11-5-2-3-6-12(11)18(23)26)19(27)28-9-15(24)20-13-7-4-8-14-16(13)22-29-21-14/h4,7-8,10-12H,2-3,5-6,9H2,1H3,(H,20,24). The Morgan fingerprint density at radius 2 is 1.90 bits per heavy atom. The molecule has 3 amide bonds. The molecule has 1 aliphatic carbocycles. The fraction of sp³-hybridized carbons (Fsp3) is 0.474. The fourth-order valence-corrected chi connectivity index (χ4v) is 4.58. The fourth-order valence-electron chi connectivity index (χ4n) is 4.03. The van der Waals surface area contributed by atoms with Crippen LogP contribution in [-0.2, 0) is 23.9 Å². The molecule has 2 aromatic rings. The Morgan fingerprint density at radius 1 is 1.21 bits per heavy atom. The maximum absolute atomic E-state index is 12.6. The molecule has 3 unspecified atom stereocenters. The van der Waals surface area contributed by atoms with Crippen LogP contribution in [0.15, 0.2) is 18.2 Å². The van der Waals surface area contributed by atoms with Crippen molar-refractivity contribution in [3.8, 4) is 0 Å². The average molecular weight is 416 g/mol. The van der Waals surface area contributed by atoms with Crippen molar-refractivity contribution in [2.45, 2.75) is 38.6 Å². The van der Waals surface area contributed by atoms with Gasteiger partial charge in [0.2, 0.25) is 11.8 Å². The molecule has 2 heterocycles. The molecular formula is C19H20N4O5S. The van der Waals surface area contributed by atoms with E-state index in [0.717, 1.165) is 29.5 Å². The van der Waals surface area contributed by atoms with Crippen molar-refractivity contribution in [1.29, 1.82) is 0 Å². The topological polar surface area (TPSA) is 119 Å². The molecule has 2 fully saturated rings. The summed E-state index contributed by atoms with van der Waals surface area (Å²) in [6.45, 7) is 0.926. The van der Waals surface area contributed by atoms with Crippen molar-refractivity contribution in [1.82, 2.24) is 13.6 Å². The van der Waals surface area contributed by atoms with Crippen molar-refractivity contribution >= 4 is 52.1 Å². The first-order valence-electron chi connectivity index (χ1n) is 9.52. The Balaban J connectivity index is 1.35. The summed E-state index contributed by atoms with van der Waals surface area (Å²) >= 11 is 1.03. The molecule has 10 heteroatoms. The third kappa shape index (κ3) is 3.59. The molecule has 2 aliphatic rings. The number of carbonyl (C=O) groups excluding carboxylic acids is 4. The Labute approximate surface area is 170 Å². The molecule has 1 aromatic heterocycles. The van der Waals surface area contributed by atoms with E-state index >= 15 is 0 Å². The van der Waals surface area contributed by atoms with Gasteiger partial charge in [0.25, 0.3) is 5.91 Å². The molecule has 1 saturated carbocycles. The minimum atomic E-state index is -1.06. The van der Waals surface area contributed by atoms with Crippen molar-refractivity contribution in [3.63, 3.8) is 0 Å². The van der Waals surface area contributed by atoms with Crippen molar-refractivity contribution in [2.24, 2.45) is 11.8 Å². The van der Waals surface area contributed by atoms with Gasteiger partial charge in [0.15, 0.2) is 6.61 Å². The van der Waals surface area contributed by atoms with E-state index < -0.39 is 24.5 Å². The van der Waals surface area contributed by atoms with Crippen LogP contribution in [0.1, 0.15) is 32.6 Å². The van der Waals surface area contributed by atoms with Gasteiger partial charge in [-0.3, -0.25) is 19.3 Å². The minimum absolute atomic E-state index is 0.309.